The minimum atomic E-state index is 0.182. The van der Waals surface area contributed by atoms with Gasteiger partial charge in [0.25, 0.3) is 0 Å². The predicted octanol–water partition coefficient (Wildman–Crippen LogP) is 2.65. The van der Waals surface area contributed by atoms with Gasteiger partial charge in [-0.15, -0.1) is 0 Å². The monoisotopic (exact) mass is 315 g/mol. The third-order valence-corrected chi connectivity index (χ3v) is 4.24. The van der Waals surface area contributed by atoms with Crippen LogP contribution in [0.25, 0.3) is 0 Å². The van der Waals surface area contributed by atoms with Crippen molar-refractivity contribution in [3.63, 3.8) is 0 Å². The summed E-state index contributed by atoms with van der Waals surface area (Å²) < 4.78 is 12.9. The minimum Gasteiger partial charge on any atom is -0.383 e. The molecule has 2 rings (SSSR count). The normalized spacial score (nSPS) is 23.6. The number of nitrogens with zero attached hydrogens (tertiary/aromatic N) is 2. The van der Waals surface area contributed by atoms with Gasteiger partial charge in [0.05, 0.1) is 48.8 Å². The van der Waals surface area contributed by atoms with Crippen LogP contribution < -0.4 is 5.32 Å². The summed E-state index contributed by atoms with van der Waals surface area (Å²) in [5.74, 6) is 0.432. The molecule has 2 heterocycles. The highest BCUT2D eigenvalue weighted by Gasteiger charge is 2.33. The van der Waals surface area contributed by atoms with Gasteiger partial charge in [-0.2, -0.15) is 5.10 Å². The summed E-state index contributed by atoms with van der Waals surface area (Å²) in [6.07, 6.45) is 4.18. The molecule has 0 bridgehead atoms. The summed E-state index contributed by atoms with van der Waals surface area (Å²) in [7, 11) is 1.70. The number of hydrogen-bond acceptors (Lipinski definition) is 4. The zero-order valence-electron chi connectivity index (χ0n) is 13.1. The lowest BCUT2D eigenvalue weighted by molar-refractivity contribution is 0.116. The largest absolute Gasteiger partial charge is 0.383 e. The molecular formula is C15H26ClN3O2. The second kappa shape index (κ2) is 8.13. The molecule has 21 heavy (non-hydrogen) atoms. The third kappa shape index (κ3) is 4.19. The van der Waals surface area contributed by atoms with Gasteiger partial charge < -0.3 is 14.8 Å². The molecule has 1 aliphatic heterocycles. The molecule has 0 saturated carbocycles. The lowest BCUT2D eigenvalue weighted by Crippen LogP contribution is -2.32. The second-order valence-electron chi connectivity index (χ2n) is 5.67. The van der Waals surface area contributed by atoms with Crippen LogP contribution in [-0.4, -0.2) is 42.8 Å². The molecule has 3 atom stereocenters. The van der Waals surface area contributed by atoms with Gasteiger partial charge in [0.2, 0.25) is 0 Å². The molecule has 5 nitrogen and oxygen atoms in total. The summed E-state index contributed by atoms with van der Waals surface area (Å²) in [6, 6.07) is 0.182. The first-order valence-electron chi connectivity index (χ1n) is 7.72. The van der Waals surface area contributed by atoms with Crippen molar-refractivity contribution in [2.75, 3.05) is 26.9 Å². The first-order chi connectivity index (χ1) is 10.2. The average molecular weight is 316 g/mol. The summed E-state index contributed by atoms with van der Waals surface area (Å²) in [4.78, 5) is 0. The second-order valence-corrected chi connectivity index (χ2v) is 6.07. The van der Waals surface area contributed by atoms with Gasteiger partial charge in [0.15, 0.2) is 0 Å². The van der Waals surface area contributed by atoms with Gasteiger partial charge in [-0.25, -0.2) is 0 Å². The summed E-state index contributed by atoms with van der Waals surface area (Å²) in [5.41, 5.74) is 1.06. The van der Waals surface area contributed by atoms with Crippen LogP contribution in [0.15, 0.2) is 6.20 Å². The molecule has 0 spiro atoms. The molecule has 3 unspecified atom stereocenters. The van der Waals surface area contributed by atoms with Crippen molar-refractivity contribution in [3.8, 4) is 0 Å². The van der Waals surface area contributed by atoms with Crippen molar-refractivity contribution in [2.24, 2.45) is 5.92 Å². The average Bonchev–Trinajstić information content (AvgIpc) is 3.05. The van der Waals surface area contributed by atoms with E-state index in [9.17, 15) is 0 Å². The molecule has 0 aliphatic carbocycles. The van der Waals surface area contributed by atoms with Gasteiger partial charge in [-0.3, -0.25) is 4.68 Å². The number of methoxy groups -OCH3 is 1. The molecule has 1 fully saturated rings. The van der Waals surface area contributed by atoms with Crippen molar-refractivity contribution in [3.05, 3.63) is 16.9 Å². The molecule has 120 valence electrons. The first-order valence-corrected chi connectivity index (χ1v) is 8.10. The number of ether oxygens (including phenoxy) is 2. The van der Waals surface area contributed by atoms with E-state index in [2.05, 4.69) is 24.3 Å². The number of aromatic nitrogens is 2. The van der Waals surface area contributed by atoms with E-state index in [-0.39, 0.29) is 6.04 Å². The Kier molecular flexibility index (Phi) is 6.48. The zero-order valence-corrected chi connectivity index (χ0v) is 13.9. The summed E-state index contributed by atoms with van der Waals surface area (Å²) in [6.45, 7) is 7.37. The number of nitrogens with one attached hydrogen (secondary N) is 1. The van der Waals surface area contributed by atoms with Gasteiger partial charge in [0.1, 0.15) is 0 Å². The molecule has 1 N–H and O–H groups in total. The van der Waals surface area contributed by atoms with E-state index in [0.717, 1.165) is 36.7 Å². The fraction of sp³-hybridized carbons (Fsp3) is 0.800. The molecular weight excluding hydrogens is 290 g/mol. The summed E-state index contributed by atoms with van der Waals surface area (Å²) >= 11 is 6.41. The van der Waals surface area contributed by atoms with Gasteiger partial charge in [-0.05, 0) is 26.3 Å². The fourth-order valence-corrected chi connectivity index (χ4v) is 3.16. The quantitative estimate of drug-likeness (QED) is 0.801. The van der Waals surface area contributed by atoms with Crippen LogP contribution in [0.4, 0.5) is 0 Å². The van der Waals surface area contributed by atoms with Crippen LogP contribution in [0.5, 0.6) is 0 Å². The van der Waals surface area contributed by atoms with E-state index < -0.39 is 0 Å². The van der Waals surface area contributed by atoms with Crippen molar-refractivity contribution in [1.82, 2.24) is 15.1 Å². The Balaban J connectivity index is 2.20. The lowest BCUT2D eigenvalue weighted by atomic mass is 9.94. The van der Waals surface area contributed by atoms with E-state index in [0.29, 0.717) is 25.2 Å². The maximum Gasteiger partial charge on any atom is 0.0834 e. The molecule has 0 radical (unpaired) electrons. The molecule has 0 amide bonds. The number of rotatable bonds is 8. The van der Waals surface area contributed by atoms with Gasteiger partial charge in [-0.1, -0.05) is 18.5 Å². The highest BCUT2D eigenvalue weighted by atomic mass is 35.5. The third-order valence-electron chi connectivity index (χ3n) is 3.95. The molecule has 6 heteroatoms. The van der Waals surface area contributed by atoms with Crippen molar-refractivity contribution in [1.29, 1.82) is 0 Å². The Morgan fingerprint density at radius 2 is 2.43 bits per heavy atom. The SMILES string of the molecule is CCCNC(c1c(Cl)cnn1CCOC)C1COC(C)C1. The Labute approximate surface area is 131 Å². The van der Waals surface area contributed by atoms with Gasteiger partial charge >= 0.3 is 0 Å². The summed E-state index contributed by atoms with van der Waals surface area (Å²) in [5, 5.41) is 8.74. The van der Waals surface area contributed by atoms with E-state index in [1.165, 1.54) is 0 Å². The van der Waals surface area contributed by atoms with Crippen LogP contribution >= 0.6 is 11.6 Å². The zero-order chi connectivity index (χ0) is 15.2. The highest BCUT2D eigenvalue weighted by molar-refractivity contribution is 6.31. The standard InChI is InChI=1S/C15H26ClN3O2/c1-4-5-17-14(12-8-11(2)21-10-12)15-13(16)9-18-19(15)6-7-20-3/h9,11-12,14,17H,4-8,10H2,1-3H3. The molecule has 1 saturated heterocycles. The van der Waals surface area contributed by atoms with E-state index in [4.69, 9.17) is 21.1 Å². The van der Waals surface area contributed by atoms with E-state index in [1.807, 2.05) is 4.68 Å². The fourth-order valence-electron chi connectivity index (χ4n) is 2.91. The van der Waals surface area contributed by atoms with E-state index >= 15 is 0 Å². The number of halogens is 1. The molecule has 1 aromatic heterocycles. The van der Waals surface area contributed by atoms with Crippen molar-refractivity contribution < 1.29 is 9.47 Å². The topological polar surface area (TPSA) is 48.3 Å². The van der Waals surface area contributed by atoms with Crippen LogP contribution in [0.1, 0.15) is 38.4 Å². The van der Waals surface area contributed by atoms with Crippen LogP contribution in [-0.2, 0) is 16.0 Å². The Morgan fingerprint density at radius 1 is 1.62 bits per heavy atom. The maximum atomic E-state index is 6.41. The smallest absolute Gasteiger partial charge is 0.0834 e. The molecule has 0 aromatic carbocycles. The molecule has 1 aromatic rings. The first kappa shape index (κ1) is 16.7. The van der Waals surface area contributed by atoms with Crippen LogP contribution in [0.2, 0.25) is 5.02 Å². The Hall–Kier alpha value is -0.620. The Morgan fingerprint density at radius 3 is 3.05 bits per heavy atom. The van der Waals surface area contributed by atoms with Crippen molar-refractivity contribution in [2.45, 2.75) is 45.4 Å². The predicted molar refractivity (Wildman–Crippen MR) is 83.7 cm³/mol. The Bertz CT molecular complexity index is 439. The van der Waals surface area contributed by atoms with E-state index in [1.54, 1.807) is 13.3 Å². The minimum absolute atomic E-state index is 0.182. The van der Waals surface area contributed by atoms with Gasteiger partial charge in [0, 0.05) is 13.0 Å². The number of hydrogen-bond donors (Lipinski definition) is 1. The highest BCUT2D eigenvalue weighted by Crippen LogP contribution is 2.35. The van der Waals surface area contributed by atoms with Crippen LogP contribution in [0, 0.1) is 5.92 Å². The lowest BCUT2D eigenvalue weighted by Gasteiger charge is -2.25. The van der Waals surface area contributed by atoms with Crippen molar-refractivity contribution >= 4 is 11.6 Å². The maximum absolute atomic E-state index is 6.41. The molecule has 1 aliphatic rings. The van der Waals surface area contributed by atoms with Crippen LogP contribution in [0.3, 0.4) is 0 Å².